The van der Waals surface area contributed by atoms with Crippen molar-refractivity contribution in [2.24, 2.45) is 11.8 Å². The summed E-state index contributed by atoms with van der Waals surface area (Å²) in [6, 6.07) is 2.61. The van der Waals surface area contributed by atoms with Gasteiger partial charge in [0.1, 0.15) is 0 Å². The summed E-state index contributed by atoms with van der Waals surface area (Å²) in [6.45, 7) is 4.73. The maximum atomic E-state index is 12.9. The topological polar surface area (TPSA) is 18.5 Å². The van der Waals surface area contributed by atoms with Crippen molar-refractivity contribution in [3.05, 3.63) is 23.8 Å². The van der Waals surface area contributed by atoms with Gasteiger partial charge in [-0.1, -0.05) is 39.5 Å². The molecule has 1 aromatic rings. The van der Waals surface area contributed by atoms with Crippen molar-refractivity contribution in [2.75, 3.05) is 14.2 Å². The van der Waals surface area contributed by atoms with E-state index in [2.05, 4.69) is 23.3 Å². The average Bonchev–Trinajstić information content (AvgIpc) is 2.46. The number of hydrogen-bond donors (Lipinski definition) is 0. The minimum atomic E-state index is -1.03. The summed E-state index contributed by atoms with van der Waals surface area (Å²) in [7, 11) is 2.54. The summed E-state index contributed by atoms with van der Waals surface area (Å²) >= 11 is 0. The molecule has 1 saturated carbocycles. The lowest BCUT2D eigenvalue weighted by Crippen LogP contribution is -2.08. The van der Waals surface area contributed by atoms with Gasteiger partial charge in [0, 0.05) is 0 Å². The third-order valence-corrected chi connectivity index (χ3v) is 3.76. The summed E-state index contributed by atoms with van der Waals surface area (Å²) in [6.07, 6.45) is 5.89. The first kappa shape index (κ1) is 16.7. The van der Waals surface area contributed by atoms with Crippen molar-refractivity contribution in [1.29, 1.82) is 0 Å². The van der Waals surface area contributed by atoms with Gasteiger partial charge in [-0.05, 0) is 24.0 Å². The van der Waals surface area contributed by atoms with Crippen LogP contribution in [-0.2, 0) is 0 Å². The molecule has 0 bridgehead atoms. The third kappa shape index (κ3) is 4.66. The fourth-order valence-electron chi connectivity index (χ4n) is 2.26. The second-order valence-electron chi connectivity index (χ2n) is 5.46. The van der Waals surface area contributed by atoms with Gasteiger partial charge in [-0.2, -0.15) is 8.78 Å². The van der Waals surface area contributed by atoms with Gasteiger partial charge < -0.3 is 9.47 Å². The normalized spacial score (nSPS) is 21.7. The Balaban J connectivity index is 0.000000217. The van der Waals surface area contributed by atoms with Crippen LogP contribution in [0.1, 0.15) is 39.5 Å². The molecule has 0 N–H and O–H groups in total. The van der Waals surface area contributed by atoms with Crippen LogP contribution in [0.3, 0.4) is 0 Å². The highest BCUT2D eigenvalue weighted by molar-refractivity contribution is 5.34. The van der Waals surface area contributed by atoms with E-state index in [0.717, 1.165) is 11.8 Å². The van der Waals surface area contributed by atoms with Gasteiger partial charge in [0.15, 0.2) is 11.5 Å². The maximum Gasteiger partial charge on any atom is 0.204 e. The number of halogens is 2. The van der Waals surface area contributed by atoms with E-state index in [9.17, 15) is 8.78 Å². The standard InChI is InChI=1S/C8H8F2O2.C8H16/c1-11-5-3-4-6(12-2)8(10)7(5)9;1-7-3-5-8(2)6-4-7/h3-4H,1-2H3;7-8H,3-6H2,1-2H3. The van der Waals surface area contributed by atoms with Crippen LogP contribution in [0.5, 0.6) is 11.5 Å². The van der Waals surface area contributed by atoms with Crippen molar-refractivity contribution in [2.45, 2.75) is 39.5 Å². The molecule has 1 aliphatic rings. The minimum absolute atomic E-state index is 0.131. The highest BCUT2D eigenvalue weighted by Crippen LogP contribution is 2.27. The van der Waals surface area contributed by atoms with Crippen LogP contribution in [0.25, 0.3) is 0 Å². The lowest BCUT2D eigenvalue weighted by Gasteiger charge is -2.22. The van der Waals surface area contributed by atoms with Gasteiger partial charge in [0.05, 0.1) is 14.2 Å². The molecular formula is C16H24F2O2. The van der Waals surface area contributed by atoms with E-state index in [1.807, 2.05) is 0 Å². The fraction of sp³-hybridized carbons (Fsp3) is 0.625. The molecule has 1 fully saturated rings. The Hall–Kier alpha value is -1.32. The highest BCUT2D eigenvalue weighted by Gasteiger charge is 2.14. The maximum absolute atomic E-state index is 12.9. The highest BCUT2D eigenvalue weighted by atomic mass is 19.2. The predicted molar refractivity (Wildman–Crippen MR) is 76.3 cm³/mol. The minimum Gasteiger partial charge on any atom is -0.494 e. The van der Waals surface area contributed by atoms with Gasteiger partial charge in [-0.3, -0.25) is 0 Å². The van der Waals surface area contributed by atoms with Crippen molar-refractivity contribution >= 4 is 0 Å². The van der Waals surface area contributed by atoms with E-state index >= 15 is 0 Å². The molecule has 0 radical (unpaired) electrons. The summed E-state index contributed by atoms with van der Waals surface area (Å²) in [5, 5.41) is 0. The Kier molecular flexibility index (Phi) is 6.76. The molecule has 0 aromatic heterocycles. The molecule has 0 aliphatic heterocycles. The zero-order valence-electron chi connectivity index (χ0n) is 12.7. The van der Waals surface area contributed by atoms with Crippen LogP contribution in [-0.4, -0.2) is 14.2 Å². The lowest BCUT2D eigenvalue weighted by molar-refractivity contribution is 0.308. The average molecular weight is 286 g/mol. The number of rotatable bonds is 2. The molecule has 0 saturated heterocycles. The molecule has 0 spiro atoms. The second kappa shape index (κ2) is 8.08. The Morgan fingerprint density at radius 3 is 1.35 bits per heavy atom. The number of methoxy groups -OCH3 is 2. The monoisotopic (exact) mass is 286 g/mol. The van der Waals surface area contributed by atoms with Gasteiger partial charge in [-0.15, -0.1) is 0 Å². The summed E-state index contributed by atoms with van der Waals surface area (Å²) in [4.78, 5) is 0. The Morgan fingerprint density at radius 2 is 1.10 bits per heavy atom. The Bertz CT molecular complexity index is 374. The van der Waals surface area contributed by atoms with E-state index in [1.54, 1.807) is 0 Å². The molecule has 2 rings (SSSR count). The lowest BCUT2D eigenvalue weighted by atomic mass is 9.84. The Labute approximate surface area is 120 Å². The van der Waals surface area contributed by atoms with E-state index in [-0.39, 0.29) is 11.5 Å². The van der Waals surface area contributed by atoms with Crippen LogP contribution >= 0.6 is 0 Å². The Morgan fingerprint density at radius 1 is 0.800 bits per heavy atom. The van der Waals surface area contributed by atoms with Crippen LogP contribution in [0.4, 0.5) is 8.78 Å². The zero-order valence-corrected chi connectivity index (χ0v) is 12.7. The number of hydrogen-bond acceptors (Lipinski definition) is 2. The molecule has 114 valence electrons. The van der Waals surface area contributed by atoms with E-state index in [4.69, 9.17) is 0 Å². The van der Waals surface area contributed by atoms with E-state index < -0.39 is 11.6 Å². The molecule has 0 atom stereocenters. The van der Waals surface area contributed by atoms with E-state index in [0.29, 0.717) is 0 Å². The molecule has 0 amide bonds. The summed E-state index contributed by atoms with van der Waals surface area (Å²) in [5.74, 6) is -0.285. The zero-order chi connectivity index (χ0) is 15.1. The van der Waals surface area contributed by atoms with Crippen LogP contribution in [0, 0.1) is 23.5 Å². The van der Waals surface area contributed by atoms with Crippen molar-refractivity contribution in [1.82, 2.24) is 0 Å². The van der Waals surface area contributed by atoms with Gasteiger partial charge >= 0.3 is 0 Å². The summed E-state index contributed by atoms with van der Waals surface area (Å²) in [5.41, 5.74) is 0. The molecule has 4 heteroatoms. The van der Waals surface area contributed by atoms with Crippen LogP contribution in [0.15, 0.2) is 12.1 Å². The van der Waals surface area contributed by atoms with Crippen molar-refractivity contribution in [3.63, 3.8) is 0 Å². The molecular weight excluding hydrogens is 262 g/mol. The molecule has 1 aliphatic carbocycles. The first-order chi connectivity index (χ1) is 9.49. The van der Waals surface area contributed by atoms with Crippen LogP contribution < -0.4 is 9.47 Å². The fourth-order valence-corrected chi connectivity index (χ4v) is 2.26. The third-order valence-electron chi connectivity index (χ3n) is 3.76. The first-order valence-electron chi connectivity index (χ1n) is 7.05. The van der Waals surface area contributed by atoms with Gasteiger partial charge in [0.2, 0.25) is 11.6 Å². The molecule has 2 nitrogen and oxygen atoms in total. The smallest absolute Gasteiger partial charge is 0.204 e. The van der Waals surface area contributed by atoms with Crippen LogP contribution in [0.2, 0.25) is 0 Å². The first-order valence-corrected chi connectivity index (χ1v) is 7.05. The van der Waals surface area contributed by atoms with Gasteiger partial charge in [0.25, 0.3) is 0 Å². The van der Waals surface area contributed by atoms with Crippen molar-refractivity contribution in [3.8, 4) is 11.5 Å². The molecule has 0 heterocycles. The molecule has 0 unspecified atom stereocenters. The largest absolute Gasteiger partial charge is 0.494 e. The van der Waals surface area contributed by atoms with Crippen molar-refractivity contribution < 1.29 is 18.3 Å². The molecule has 1 aromatic carbocycles. The quantitative estimate of drug-likeness (QED) is 0.776. The predicted octanol–water partition coefficient (Wildman–Crippen LogP) is 4.81. The number of benzene rings is 1. The van der Waals surface area contributed by atoms with Gasteiger partial charge in [-0.25, -0.2) is 0 Å². The summed E-state index contributed by atoms with van der Waals surface area (Å²) < 4.78 is 34.8. The SMILES string of the molecule is CC1CCC(C)CC1.COc1ccc(OC)c(F)c1F. The molecule has 20 heavy (non-hydrogen) atoms. The second-order valence-corrected chi connectivity index (χ2v) is 5.46. The number of ether oxygens (including phenoxy) is 2. The van der Waals surface area contributed by atoms with E-state index in [1.165, 1.54) is 52.0 Å².